The van der Waals surface area contributed by atoms with Crippen molar-refractivity contribution in [1.82, 2.24) is 0 Å². The molecule has 8 heterocycles. The number of benzene rings is 12. The molecule has 0 aliphatic carbocycles. The van der Waals surface area contributed by atoms with Gasteiger partial charge < -0.3 is 17.7 Å². The van der Waals surface area contributed by atoms with E-state index in [4.69, 9.17) is 44.0 Å². The predicted molar refractivity (Wildman–Crippen MR) is 598 cm³/mol. The Labute approximate surface area is 849 Å². The molecule has 0 bridgehead atoms. The van der Waals surface area contributed by atoms with Crippen molar-refractivity contribution < 1.29 is 35.9 Å². The third-order valence-electron chi connectivity index (χ3n) is 30.0. The molecule has 0 aliphatic heterocycles. The van der Waals surface area contributed by atoms with E-state index in [0.29, 0.717) is 40.5 Å². The van der Waals surface area contributed by atoms with Gasteiger partial charge >= 0.3 is 0 Å². The van der Waals surface area contributed by atoms with Crippen LogP contribution in [0.15, 0.2) is 236 Å². The van der Waals surface area contributed by atoms with Crippen LogP contribution in [0.4, 0.5) is 22.7 Å². The summed E-state index contributed by atoms with van der Waals surface area (Å²) in [6, 6.07) is 75.8. The lowest BCUT2D eigenvalue weighted by atomic mass is 9.85. The number of hydrogen-bond donors (Lipinski definition) is 0. The van der Waals surface area contributed by atoms with Crippen LogP contribution in [0.5, 0.6) is 0 Å². The fourth-order valence-corrected chi connectivity index (χ4v) is 22.2. The first kappa shape index (κ1) is 99.9. The minimum Gasteiger partial charge on any atom is -0.456 e. The molecule has 0 aliphatic rings. The maximum Gasteiger partial charge on any atom is 0.216 e. The summed E-state index contributed by atoms with van der Waals surface area (Å²) < 4.78 is 36.3. The molecule has 144 heavy (non-hydrogen) atoms. The van der Waals surface area contributed by atoms with Crippen molar-refractivity contribution in [2.75, 3.05) is 0 Å². The van der Waals surface area contributed by atoms with Crippen molar-refractivity contribution in [3.8, 4) is 89.5 Å². The second-order valence-electron chi connectivity index (χ2n) is 42.4. The SMILES string of the molecule is [C-]#[N+]c1c(C)cc2c(oc3c(-c4cc(C)c(C(C)C)c(C)[n+]4C)c(C)ccc32)c1-c1ccccc1.[C-]#[N+]c1c(C)cc2c(oc3c(-c4cc(C)c(CC(C)C)c(C)[n+]4C)c(C)ccc32)c1-c1ccccc1.[C-]#[N+]c1c(C)cc2c(oc3c(-c4cc(CC(C)(C)C)c(C)c(C)[n+]4C)c(C)ccc32)c1-c1ccccc1.[C-]#[N+]c1c(C)cc2c(oc3c(-c4cc(CC(C)C)c(C)c(C)[n+]4C)c(C)ccc32)c1-c1ccccc1. The number of hydrogen-bond acceptors (Lipinski definition) is 4. The number of fused-ring (bicyclic) bond motifs is 12. The minimum absolute atomic E-state index is 0.188. The van der Waals surface area contributed by atoms with Crippen LogP contribution in [0.3, 0.4) is 0 Å². The monoisotopic (exact) mass is 1890 g/mol. The Bertz CT molecular complexity index is 8800. The van der Waals surface area contributed by atoms with E-state index in [1.54, 1.807) is 0 Å². The lowest BCUT2D eigenvalue weighted by Crippen LogP contribution is -2.37. The van der Waals surface area contributed by atoms with Gasteiger partial charge in [0.2, 0.25) is 45.5 Å². The smallest absolute Gasteiger partial charge is 0.216 e. The summed E-state index contributed by atoms with van der Waals surface area (Å²) in [6.07, 6.45) is 3.12. The highest BCUT2D eigenvalue weighted by atomic mass is 16.3. The number of nitrogens with zero attached hydrogens (tertiary/aromatic N) is 8. The van der Waals surface area contributed by atoms with Gasteiger partial charge in [-0.1, -0.05) is 256 Å². The van der Waals surface area contributed by atoms with Gasteiger partial charge in [0.25, 0.3) is 0 Å². The van der Waals surface area contributed by atoms with E-state index in [-0.39, 0.29) is 5.41 Å². The lowest BCUT2D eigenvalue weighted by molar-refractivity contribution is -0.667. The Kier molecular flexibility index (Phi) is 27.6. The fourth-order valence-electron chi connectivity index (χ4n) is 22.2. The Morgan fingerprint density at radius 1 is 0.264 bits per heavy atom. The van der Waals surface area contributed by atoms with Gasteiger partial charge in [0, 0.05) is 140 Å². The van der Waals surface area contributed by atoms with Crippen molar-refractivity contribution in [3.05, 3.63) is 376 Å². The van der Waals surface area contributed by atoms with Crippen molar-refractivity contribution in [3.63, 3.8) is 0 Å². The molecule has 12 heteroatoms. The Morgan fingerprint density at radius 3 is 0.799 bits per heavy atom. The molecule has 0 fully saturated rings. The standard InChI is InChI=1S/C34H35N2O.2C33H33N2O.C32H31N2O/c1-20-15-16-26-27-17-21(2)31(35-8)30(24-13-11-10-12-14-24)33(27)37-32(26)29(20)28-18-25(19-34(5,6)7)22(3)23(4)36(28)9;1-19(2)16-26-21(4)18-28(35(8)23(26)6)29-20(3)14-15-25-27-17-22(5)31(34-7)30(33(27)36-32(25)29)24-12-10-9-11-13-24;1-19(2)16-25-18-28(35(8)23(6)22(25)5)29-20(3)14-15-26-27-17-21(4)31(34-7)30(33(27)36-32(26)29)24-12-10-9-11-13-24;1-18(2)27-20(4)17-26(34(8)22(27)6)28-19(3)14-15-24-25-16-21(5)30(33-7)29(32(25)35-31(24)28)23-12-10-9-11-13-23/h10-18H,19H2,1-7,9H3;2*9-15,17-19H,16H2,1-6,8H3;9-18H,1-6,8H3/q4*+1. The van der Waals surface area contributed by atoms with Gasteiger partial charge in [0.05, 0.1) is 48.5 Å². The molecule has 8 aromatic heterocycles. The normalized spacial score (nSPS) is 11.6. The summed E-state index contributed by atoms with van der Waals surface area (Å²) in [6.45, 7) is 86.6. The van der Waals surface area contributed by atoms with E-state index in [1.165, 1.54) is 95.2 Å². The summed E-state index contributed by atoms with van der Waals surface area (Å²) in [4.78, 5) is 15.7. The highest BCUT2D eigenvalue weighted by Crippen LogP contribution is 2.53. The van der Waals surface area contributed by atoms with E-state index in [0.717, 1.165) is 213 Å². The zero-order valence-corrected chi connectivity index (χ0v) is 89.3. The van der Waals surface area contributed by atoms with Gasteiger partial charge in [-0.25, -0.2) is 19.4 Å². The molecule has 720 valence electrons. The zero-order valence-electron chi connectivity index (χ0n) is 89.3. The average Bonchev–Trinajstić information content (AvgIpc) is 1.60. The number of aromatic nitrogens is 4. The molecule has 0 saturated heterocycles. The zero-order chi connectivity index (χ0) is 103. The molecule has 0 amide bonds. The Hall–Kier alpha value is -15.6. The van der Waals surface area contributed by atoms with Crippen LogP contribution in [-0.2, 0) is 47.5 Å². The molecule has 0 unspecified atom stereocenters. The first-order valence-corrected chi connectivity index (χ1v) is 50.4. The molecule has 12 nitrogen and oxygen atoms in total. The molecular formula is C132H132N8O4+4. The van der Waals surface area contributed by atoms with E-state index in [1.807, 2.05) is 100 Å². The highest BCUT2D eigenvalue weighted by Gasteiger charge is 2.35. The number of aryl methyl sites for hydroxylation is 10. The summed E-state index contributed by atoms with van der Waals surface area (Å²) in [5, 5.41) is 8.58. The molecule has 0 atom stereocenters. The second kappa shape index (κ2) is 39.7. The van der Waals surface area contributed by atoms with Gasteiger partial charge in [-0.3, -0.25) is 0 Å². The van der Waals surface area contributed by atoms with E-state index < -0.39 is 0 Å². The van der Waals surface area contributed by atoms with Crippen LogP contribution in [0.1, 0.15) is 180 Å². The van der Waals surface area contributed by atoms with Crippen LogP contribution in [0, 0.1) is 154 Å². The molecule has 0 saturated carbocycles. The average molecular weight is 1890 g/mol. The molecule has 0 N–H and O–H groups in total. The van der Waals surface area contributed by atoms with Gasteiger partial charge in [0.15, 0.2) is 22.8 Å². The minimum atomic E-state index is 0.188. The van der Waals surface area contributed by atoms with Gasteiger partial charge in [-0.05, 0) is 215 Å². The number of rotatable bonds is 14. The Morgan fingerprint density at radius 2 is 0.521 bits per heavy atom. The van der Waals surface area contributed by atoms with Crippen LogP contribution >= 0.6 is 0 Å². The number of pyridine rings is 4. The van der Waals surface area contributed by atoms with Crippen molar-refractivity contribution in [2.24, 2.45) is 45.4 Å². The molecule has 0 spiro atoms. The first-order valence-electron chi connectivity index (χ1n) is 50.4. The second-order valence-corrected chi connectivity index (χ2v) is 42.4. The maximum absolute atomic E-state index is 7.94. The van der Waals surface area contributed by atoms with Crippen molar-refractivity contribution in [2.45, 2.75) is 198 Å². The fraction of sp³-hybridized carbons (Fsp3) is 0.273. The predicted octanol–water partition coefficient (Wildman–Crippen LogP) is 35.2. The van der Waals surface area contributed by atoms with Crippen molar-refractivity contribution in [1.29, 1.82) is 0 Å². The maximum atomic E-state index is 7.94. The lowest BCUT2D eigenvalue weighted by Gasteiger charge is -2.20. The van der Waals surface area contributed by atoms with Crippen LogP contribution < -0.4 is 18.3 Å². The number of furan rings is 4. The van der Waals surface area contributed by atoms with Gasteiger partial charge in [0.1, 0.15) is 72.9 Å². The van der Waals surface area contributed by atoms with Crippen LogP contribution in [0.2, 0.25) is 0 Å². The molecule has 20 aromatic rings. The Balaban J connectivity index is 0.000000132. The van der Waals surface area contributed by atoms with Crippen molar-refractivity contribution >= 4 is 111 Å². The van der Waals surface area contributed by atoms with Gasteiger partial charge in [-0.15, -0.1) is 0 Å². The third kappa shape index (κ3) is 17.9. The van der Waals surface area contributed by atoms with E-state index in [9.17, 15) is 0 Å². The molecule has 12 aromatic carbocycles. The first-order chi connectivity index (χ1) is 68.7. The third-order valence-corrected chi connectivity index (χ3v) is 30.0. The largest absolute Gasteiger partial charge is 0.456 e. The summed E-state index contributed by atoms with van der Waals surface area (Å²) in [5.74, 6) is 1.64. The summed E-state index contributed by atoms with van der Waals surface area (Å²) in [7, 11) is 8.60. The molecule has 0 radical (unpaired) electrons. The van der Waals surface area contributed by atoms with E-state index >= 15 is 0 Å². The molecule has 20 rings (SSSR count). The van der Waals surface area contributed by atoms with Crippen LogP contribution in [-0.4, -0.2) is 0 Å². The highest BCUT2D eigenvalue weighted by molar-refractivity contribution is 6.20. The summed E-state index contributed by atoms with van der Waals surface area (Å²) in [5.41, 5.74) is 50.7. The van der Waals surface area contributed by atoms with E-state index in [2.05, 4.69) is 357 Å². The molecular weight excluding hydrogens is 1760 g/mol. The van der Waals surface area contributed by atoms with Gasteiger partial charge in [-0.2, -0.15) is 18.3 Å². The topological polar surface area (TPSA) is 85.5 Å². The summed E-state index contributed by atoms with van der Waals surface area (Å²) >= 11 is 0. The van der Waals surface area contributed by atoms with Crippen LogP contribution in [0.25, 0.3) is 197 Å². The quantitative estimate of drug-likeness (QED) is 0.0802.